The SMILES string of the molecule is O=C(NC[C@H]1[C@H]2CN(C(=O)CO)C[C@]23CC[C@H]1O3)c1ccc2c(c1)CCO2. The van der Waals surface area contributed by atoms with E-state index in [1.807, 2.05) is 12.1 Å². The Balaban J connectivity index is 1.26. The first-order chi connectivity index (χ1) is 13.1. The molecule has 2 bridgehead atoms. The minimum absolute atomic E-state index is 0.0807. The maximum atomic E-state index is 12.6. The highest BCUT2D eigenvalue weighted by atomic mass is 16.5. The van der Waals surface area contributed by atoms with Gasteiger partial charge in [0.2, 0.25) is 5.91 Å². The number of carbonyl (C=O) groups is 2. The molecule has 2 N–H and O–H groups in total. The van der Waals surface area contributed by atoms with Gasteiger partial charge in [-0.05, 0) is 36.6 Å². The summed E-state index contributed by atoms with van der Waals surface area (Å²) in [7, 11) is 0. The summed E-state index contributed by atoms with van der Waals surface area (Å²) in [6.07, 6.45) is 2.91. The molecule has 7 nitrogen and oxygen atoms in total. The number of aliphatic hydroxyl groups excluding tert-OH is 1. The van der Waals surface area contributed by atoms with E-state index in [1.165, 1.54) is 0 Å². The van der Waals surface area contributed by atoms with Gasteiger partial charge in [0.15, 0.2) is 0 Å². The molecule has 0 aliphatic carbocycles. The summed E-state index contributed by atoms with van der Waals surface area (Å²) in [5.41, 5.74) is 1.45. The zero-order chi connectivity index (χ0) is 18.6. The second kappa shape index (κ2) is 6.21. The molecule has 144 valence electrons. The molecule has 4 atom stereocenters. The largest absolute Gasteiger partial charge is 0.493 e. The molecular weight excluding hydrogens is 348 g/mol. The number of hydrogen-bond donors (Lipinski definition) is 2. The van der Waals surface area contributed by atoms with E-state index in [-0.39, 0.29) is 35.4 Å². The van der Waals surface area contributed by atoms with Crippen molar-refractivity contribution in [1.82, 2.24) is 10.2 Å². The molecule has 27 heavy (non-hydrogen) atoms. The van der Waals surface area contributed by atoms with Gasteiger partial charge >= 0.3 is 0 Å². The fourth-order valence-electron chi connectivity index (χ4n) is 5.39. The van der Waals surface area contributed by atoms with Crippen LogP contribution in [-0.2, 0) is 16.0 Å². The topological polar surface area (TPSA) is 88.1 Å². The summed E-state index contributed by atoms with van der Waals surface area (Å²) in [6, 6.07) is 5.57. The lowest BCUT2D eigenvalue weighted by molar-refractivity contribution is -0.134. The highest BCUT2D eigenvalue weighted by Crippen LogP contribution is 2.54. The van der Waals surface area contributed by atoms with E-state index >= 15 is 0 Å². The first kappa shape index (κ1) is 17.0. The number of likely N-dealkylation sites (tertiary alicyclic amines) is 1. The first-order valence-electron chi connectivity index (χ1n) is 9.70. The van der Waals surface area contributed by atoms with Crippen molar-refractivity contribution in [3.8, 4) is 5.75 Å². The van der Waals surface area contributed by atoms with Crippen LogP contribution in [0.15, 0.2) is 18.2 Å². The Morgan fingerprint density at radius 2 is 2.26 bits per heavy atom. The molecule has 5 rings (SSSR count). The number of hydrogen-bond acceptors (Lipinski definition) is 5. The number of aliphatic hydroxyl groups is 1. The molecule has 0 unspecified atom stereocenters. The van der Waals surface area contributed by atoms with E-state index in [9.17, 15) is 9.59 Å². The number of amides is 2. The van der Waals surface area contributed by atoms with Crippen molar-refractivity contribution in [1.29, 1.82) is 0 Å². The van der Waals surface area contributed by atoms with Crippen LogP contribution in [0.2, 0.25) is 0 Å². The number of fused-ring (bicyclic) bond motifs is 2. The third-order valence-electron chi connectivity index (χ3n) is 6.72. The van der Waals surface area contributed by atoms with Gasteiger partial charge in [-0.15, -0.1) is 0 Å². The quantitative estimate of drug-likeness (QED) is 0.796. The average molecular weight is 372 g/mol. The number of nitrogens with zero attached hydrogens (tertiary/aromatic N) is 1. The zero-order valence-electron chi connectivity index (χ0n) is 15.1. The molecule has 0 radical (unpaired) electrons. The average Bonchev–Trinajstić information content (AvgIpc) is 3.43. The van der Waals surface area contributed by atoms with E-state index in [0.717, 1.165) is 30.6 Å². The number of benzene rings is 1. The van der Waals surface area contributed by atoms with Crippen molar-refractivity contribution < 1.29 is 24.2 Å². The van der Waals surface area contributed by atoms with E-state index in [0.29, 0.717) is 31.8 Å². The van der Waals surface area contributed by atoms with Gasteiger partial charge in [-0.3, -0.25) is 9.59 Å². The molecule has 3 fully saturated rings. The number of nitrogens with one attached hydrogen (secondary N) is 1. The lowest BCUT2D eigenvalue weighted by Gasteiger charge is -2.29. The van der Waals surface area contributed by atoms with Crippen molar-refractivity contribution in [3.63, 3.8) is 0 Å². The van der Waals surface area contributed by atoms with Crippen LogP contribution >= 0.6 is 0 Å². The van der Waals surface area contributed by atoms with Crippen molar-refractivity contribution in [2.24, 2.45) is 11.8 Å². The van der Waals surface area contributed by atoms with Crippen LogP contribution in [0.25, 0.3) is 0 Å². The van der Waals surface area contributed by atoms with Crippen LogP contribution < -0.4 is 10.1 Å². The van der Waals surface area contributed by atoms with Gasteiger partial charge in [0.05, 0.1) is 24.9 Å². The molecule has 4 heterocycles. The van der Waals surface area contributed by atoms with Crippen LogP contribution in [0.5, 0.6) is 5.75 Å². The van der Waals surface area contributed by atoms with Gasteiger partial charge in [0, 0.05) is 36.9 Å². The Morgan fingerprint density at radius 3 is 3.11 bits per heavy atom. The van der Waals surface area contributed by atoms with E-state index in [4.69, 9.17) is 14.6 Å². The van der Waals surface area contributed by atoms with E-state index in [1.54, 1.807) is 11.0 Å². The number of carbonyl (C=O) groups excluding carboxylic acids is 2. The van der Waals surface area contributed by atoms with Crippen molar-refractivity contribution >= 4 is 11.8 Å². The summed E-state index contributed by atoms with van der Waals surface area (Å²) < 4.78 is 11.8. The highest BCUT2D eigenvalue weighted by Gasteiger charge is 2.63. The summed E-state index contributed by atoms with van der Waals surface area (Å²) in [5.74, 6) is 0.976. The molecule has 0 aromatic heterocycles. The smallest absolute Gasteiger partial charge is 0.251 e. The molecule has 2 amide bonds. The maximum Gasteiger partial charge on any atom is 0.251 e. The van der Waals surface area contributed by atoms with Gasteiger partial charge in [0.1, 0.15) is 12.4 Å². The van der Waals surface area contributed by atoms with Crippen LogP contribution in [0, 0.1) is 11.8 Å². The zero-order valence-corrected chi connectivity index (χ0v) is 15.1. The highest BCUT2D eigenvalue weighted by molar-refractivity contribution is 5.94. The van der Waals surface area contributed by atoms with Crippen LogP contribution in [0.4, 0.5) is 0 Å². The maximum absolute atomic E-state index is 12.6. The molecule has 4 aliphatic rings. The monoisotopic (exact) mass is 372 g/mol. The second-order valence-electron chi connectivity index (χ2n) is 8.09. The first-order valence-corrected chi connectivity index (χ1v) is 9.70. The molecule has 7 heteroatoms. The summed E-state index contributed by atoms with van der Waals surface area (Å²) >= 11 is 0. The third kappa shape index (κ3) is 2.63. The Kier molecular flexibility index (Phi) is 3.91. The molecule has 3 saturated heterocycles. The summed E-state index contributed by atoms with van der Waals surface area (Å²) in [6.45, 7) is 1.92. The van der Waals surface area contributed by atoms with Gasteiger partial charge in [0.25, 0.3) is 5.91 Å². The molecule has 0 saturated carbocycles. The Labute approximate surface area is 157 Å². The standard InChI is InChI=1S/C20H24N2O5/c23-10-18(24)22-9-15-14(17-3-5-20(15,11-22)27-17)8-21-19(25)13-1-2-16-12(7-13)4-6-26-16/h1-2,7,14-15,17,23H,3-6,8-11H2,(H,21,25)/t14-,15+,17+,20+/m0/s1. The van der Waals surface area contributed by atoms with Gasteiger partial charge < -0.3 is 24.8 Å². The lowest BCUT2D eigenvalue weighted by Crippen LogP contribution is -2.41. The van der Waals surface area contributed by atoms with Crippen LogP contribution in [-0.4, -0.2) is 66.4 Å². The predicted octanol–water partition coefficient (Wildman–Crippen LogP) is 0.350. The predicted molar refractivity (Wildman–Crippen MR) is 95.5 cm³/mol. The molecule has 1 aromatic rings. The number of rotatable bonds is 4. The fraction of sp³-hybridized carbons (Fsp3) is 0.600. The minimum Gasteiger partial charge on any atom is -0.493 e. The van der Waals surface area contributed by atoms with Crippen molar-refractivity contribution in [2.45, 2.75) is 31.0 Å². The summed E-state index contributed by atoms with van der Waals surface area (Å²) in [5, 5.41) is 12.2. The lowest BCUT2D eigenvalue weighted by atomic mass is 9.73. The van der Waals surface area contributed by atoms with E-state index in [2.05, 4.69) is 5.32 Å². The molecular formula is C20H24N2O5. The van der Waals surface area contributed by atoms with Crippen LogP contribution in [0.1, 0.15) is 28.8 Å². The van der Waals surface area contributed by atoms with E-state index < -0.39 is 6.61 Å². The fourth-order valence-corrected chi connectivity index (χ4v) is 5.39. The second-order valence-corrected chi connectivity index (χ2v) is 8.09. The van der Waals surface area contributed by atoms with Crippen molar-refractivity contribution in [2.75, 3.05) is 32.8 Å². The number of ether oxygens (including phenoxy) is 2. The Bertz CT molecular complexity index is 797. The van der Waals surface area contributed by atoms with Gasteiger partial charge in [-0.25, -0.2) is 0 Å². The Morgan fingerprint density at radius 1 is 1.37 bits per heavy atom. The molecule has 4 aliphatic heterocycles. The van der Waals surface area contributed by atoms with Crippen LogP contribution in [0.3, 0.4) is 0 Å². The minimum atomic E-state index is -0.463. The third-order valence-corrected chi connectivity index (χ3v) is 6.72. The normalized spacial score (nSPS) is 32.9. The van der Waals surface area contributed by atoms with Gasteiger partial charge in [-0.2, -0.15) is 0 Å². The molecule has 1 aromatic carbocycles. The molecule has 1 spiro atoms. The van der Waals surface area contributed by atoms with Gasteiger partial charge in [-0.1, -0.05) is 0 Å². The summed E-state index contributed by atoms with van der Waals surface area (Å²) in [4.78, 5) is 26.2. The van der Waals surface area contributed by atoms with Crippen molar-refractivity contribution in [3.05, 3.63) is 29.3 Å². The Hall–Kier alpha value is -2.12.